The molecule has 2 rings (SSSR count). The van der Waals surface area contributed by atoms with Crippen LogP contribution in [0, 0.1) is 0 Å². The fourth-order valence-electron chi connectivity index (χ4n) is 2.85. The van der Waals surface area contributed by atoms with E-state index in [0.29, 0.717) is 6.04 Å². The number of benzene rings is 1. The molecule has 0 spiro atoms. The van der Waals surface area contributed by atoms with Crippen molar-refractivity contribution in [3.8, 4) is 0 Å². The van der Waals surface area contributed by atoms with Crippen molar-refractivity contribution in [1.82, 2.24) is 5.32 Å². The fourth-order valence-corrected chi connectivity index (χ4v) is 3.30. The summed E-state index contributed by atoms with van der Waals surface area (Å²) in [5.74, 6) is 0. The number of rotatable bonds is 5. The van der Waals surface area contributed by atoms with Gasteiger partial charge in [-0.2, -0.15) is 0 Å². The lowest BCUT2D eigenvalue weighted by Gasteiger charge is -2.40. The Bertz CT molecular complexity index is 403. The molecule has 0 amide bonds. The van der Waals surface area contributed by atoms with Gasteiger partial charge in [0.1, 0.15) is 0 Å². The van der Waals surface area contributed by atoms with Gasteiger partial charge in [-0.15, -0.1) is 0 Å². The van der Waals surface area contributed by atoms with Crippen LogP contribution in [0.5, 0.6) is 0 Å². The zero-order valence-corrected chi connectivity index (χ0v) is 13.5. The molecule has 1 aromatic carbocycles. The van der Waals surface area contributed by atoms with Crippen LogP contribution in [0.2, 0.25) is 0 Å². The van der Waals surface area contributed by atoms with Crippen LogP contribution in [0.3, 0.4) is 0 Å². The first kappa shape index (κ1) is 15.0. The third-order valence-electron chi connectivity index (χ3n) is 4.27. The summed E-state index contributed by atoms with van der Waals surface area (Å²) in [6.45, 7) is 6.30. The highest BCUT2D eigenvalue weighted by Gasteiger charge is 2.34. The first-order valence-corrected chi connectivity index (χ1v) is 8.08. The van der Waals surface area contributed by atoms with Crippen molar-refractivity contribution >= 4 is 15.9 Å². The first-order chi connectivity index (χ1) is 9.17. The average molecular weight is 326 g/mol. The van der Waals surface area contributed by atoms with E-state index in [1.807, 2.05) is 0 Å². The van der Waals surface area contributed by atoms with E-state index in [0.717, 1.165) is 43.3 Å². The number of halogens is 1. The highest BCUT2D eigenvalue weighted by Crippen LogP contribution is 2.31. The number of ether oxygens (including phenoxy) is 1. The predicted octanol–water partition coefficient (Wildman–Crippen LogP) is 4.28. The molecule has 1 aromatic rings. The van der Waals surface area contributed by atoms with Crippen LogP contribution in [0.25, 0.3) is 0 Å². The molecule has 1 unspecified atom stereocenters. The monoisotopic (exact) mass is 325 g/mol. The Balaban J connectivity index is 1.89. The van der Waals surface area contributed by atoms with E-state index in [1.54, 1.807) is 0 Å². The van der Waals surface area contributed by atoms with Gasteiger partial charge in [0.25, 0.3) is 0 Å². The molecule has 0 radical (unpaired) electrons. The second kappa shape index (κ2) is 6.87. The molecule has 1 heterocycles. The van der Waals surface area contributed by atoms with E-state index in [9.17, 15) is 0 Å². The number of hydrogen-bond acceptors (Lipinski definition) is 2. The van der Waals surface area contributed by atoms with Crippen molar-refractivity contribution in [2.45, 2.75) is 57.7 Å². The first-order valence-electron chi connectivity index (χ1n) is 7.29. The molecule has 1 saturated heterocycles. The zero-order chi connectivity index (χ0) is 13.7. The van der Waals surface area contributed by atoms with E-state index in [4.69, 9.17) is 4.74 Å². The third kappa shape index (κ3) is 4.04. The molecule has 1 fully saturated rings. The molecule has 0 bridgehead atoms. The molecule has 106 valence electrons. The lowest BCUT2D eigenvalue weighted by Crippen LogP contribution is -2.46. The summed E-state index contributed by atoms with van der Waals surface area (Å²) >= 11 is 3.52. The van der Waals surface area contributed by atoms with E-state index in [1.165, 1.54) is 5.56 Å². The number of nitrogens with one attached hydrogen (secondary N) is 1. The van der Waals surface area contributed by atoms with Crippen LogP contribution in [-0.2, 0) is 11.3 Å². The van der Waals surface area contributed by atoms with Crippen molar-refractivity contribution in [3.63, 3.8) is 0 Å². The Morgan fingerprint density at radius 3 is 2.84 bits per heavy atom. The van der Waals surface area contributed by atoms with Crippen molar-refractivity contribution in [3.05, 3.63) is 34.3 Å². The van der Waals surface area contributed by atoms with Gasteiger partial charge < -0.3 is 10.1 Å². The third-order valence-corrected chi connectivity index (χ3v) is 4.76. The highest BCUT2D eigenvalue weighted by molar-refractivity contribution is 9.10. The molecule has 1 N–H and O–H groups in total. The summed E-state index contributed by atoms with van der Waals surface area (Å²) in [6.07, 6.45) is 4.47. The maximum absolute atomic E-state index is 6.02. The molecule has 0 aromatic heterocycles. The second-order valence-electron chi connectivity index (χ2n) is 5.44. The van der Waals surface area contributed by atoms with E-state index in [-0.39, 0.29) is 5.60 Å². The smallest absolute Gasteiger partial charge is 0.0692 e. The maximum atomic E-state index is 6.02. The SMILES string of the molecule is CCC1(CC)CC(NCc2cccc(Br)c2)CCO1. The summed E-state index contributed by atoms with van der Waals surface area (Å²) in [4.78, 5) is 0. The minimum absolute atomic E-state index is 0.104. The lowest BCUT2D eigenvalue weighted by atomic mass is 9.86. The van der Waals surface area contributed by atoms with Crippen LogP contribution in [0.15, 0.2) is 28.7 Å². The maximum Gasteiger partial charge on any atom is 0.0692 e. The molecular weight excluding hydrogens is 302 g/mol. The van der Waals surface area contributed by atoms with Gasteiger partial charge in [-0.05, 0) is 43.4 Å². The molecule has 0 aliphatic carbocycles. The van der Waals surface area contributed by atoms with Crippen LogP contribution in [0.4, 0.5) is 0 Å². The summed E-state index contributed by atoms with van der Waals surface area (Å²) in [5, 5.41) is 3.69. The van der Waals surface area contributed by atoms with Gasteiger partial charge in [-0.1, -0.05) is 41.9 Å². The lowest BCUT2D eigenvalue weighted by molar-refractivity contribution is -0.0932. The molecule has 0 saturated carbocycles. The van der Waals surface area contributed by atoms with E-state index >= 15 is 0 Å². The summed E-state index contributed by atoms with van der Waals surface area (Å²) in [6, 6.07) is 9.08. The largest absolute Gasteiger partial charge is 0.375 e. The number of hydrogen-bond donors (Lipinski definition) is 1. The minimum Gasteiger partial charge on any atom is -0.375 e. The molecule has 1 atom stereocenters. The van der Waals surface area contributed by atoms with Crippen LogP contribution in [0.1, 0.15) is 45.1 Å². The Morgan fingerprint density at radius 2 is 2.16 bits per heavy atom. The standard InChI is InChI=1S/C16H24BrNO/c1-3-16(4-2)11-15(8-9-19-16)18-12-13-6-5-7-14(17)10-13/h5-7,10,15,18H,3-4,8-9,11-12H2,1-2H3. The zero-order valence-electron chi connectivity index (χ0n) is 11.9. The quantitative estimate of drug-likeness (QED) is 0.872. The van der Waals surface area contributed by atoms with Gasteiger partial charge in [0.15, 0.2) is 0 Å². The van der Waals surface area contributed by atoms with Gasteiger partial charge in [-0.3, -0.25) is 0 Å². The molecule has 1 aliphatic heterocycles. The molecular formula is C16H24BrNO. The van der Waals surface area contributed by atoms with E-state index < -0.39 is 0 Å². The summed E-state index contributed by atoms with van der Waals surface area (Å²) in [5.41, 5.74) is 1.44. The van der Waals surface area contributed by atoms with Gasteiger partial charge in [0.2, 0.25) is 0 Å². The predicted molar refractivity (Wildman–Crippen MR) is 83.3 cm³/mol. The van der Waals surface area contributed by atoms with Crippen molar-refractivity contribution in [1.29, 1.82) is 0 Å². The Kier molecular flexibility index (Phi) is 5.43. The normalized spacial score (nSPS) is 22.4. The summed E-state index contributed by atoms with van der Waals surface area (Å²) < 4.78 is 7.17. The Labute approximate surface area is 125 Å². The van der Waals surface area contributed by atoms with Crippen molar-refractivity contribution < 1.29 is 4.74 Å². The van der Waals surface area contributed by atoms with Crippen molar-refractivity contribution in [2.75, 3.05) is 6.61 Å². The second-order valence-corrected chi connectivity index (χ2v) is 6.35. The minimum atomic E-state index is 0.104. The van der Waals surface area contributed by atoms with Gasteiger partial charge >= 0.3 is 0 Å². The molecule has 2 nitrogen and oxygen atoms in total. The van der Waals surface area contributed by atoms with Gasteiger partial charge in [0, 0.05) is 23.7 Å². The summed E-state index contributed by atoms with van der Waals surface area (Å²) in [7, 11) is 0. The molecule has 3 heteroatoms. The highest BCUT2D eigenvalue weighted by atomic mass is 79.9. The molecule has 1 aliphatic rings. The van der Waals surface area contributed by atoms with Crippen LogP contribution >= 0.6 is 15.9 Å². The Morgan fingerprint density at radius 1 is 1.37 bits per heavy atom. The van der Waals surface area contributed by atoms with Crippen LogP contribution < -0.4 is 5.32 Å². The van der Waals surface area contributed by atoms with Gasteiger partial charge in [0.05, 0.1) is 5.60 Å². The fraction of sp³-hybridized carbons (Fsp3) is 0.625. The van der Waals surface area contributed by atoms with Crippen molar-refractivity contribution in [2.24, 2.45) is 0 Å². The topological polar surface area (TPSA) is 21.3 Å². The van der Waals surface area contributed by atoms with Gasteiger partial charge in [-0.25, -0.2) is 0 Å². The average Bonchev–Trinajstić information content (AvgIpc) is 2.45. The van der Waals surface area contributed by atoms with E-state index in [2.05, 4.69) is 59.4 Å². The molecule has 19 heavy (non-hydrogen) atoms. The van der Waals surface area contributed by atoms with Crippen LogP contribution in [-0.4, -0.2) is 18.2 Å². The Hall–Kier alpha value is -0.380.